The molecule has 0 aliphatic heterocycles. The Hall–Kier alpha value is 0.320. The molecule has 2 nitrogen and oxygen atoms in total. The third-order valence-electron chi connectivity index (χ3n) is 0.155. The van der Waals surface area contributed by atoms with Crippen molar-refractivity contribution in [2.24, 2.45) is 0 Å². The van der Waals surface area contributed by atoms with E-state index < -0.39 is 15.6 Å². The summed E-state index contributed by atoms with van der Waals surface area (Å²) in [6.07, 6.45) is 0. The summed E-state index contributed by atoms with van der Waals surface area (Å²) in [7, 11) is -7.64. The molecular weight excluding hydrogens is 132 g/mol. The van der Waals surface area contributed by atoms with Gasteiger partial charge in [-0.25, -0.2) is 0 Å². The Balaban J connectivity index is 3.57. The van der Waals surface area contributed by atoms with Crippen molar-refractivity contribution in [1.29, 1.82) is 0 Å². The molecule has 0 radical (unpaired) electrons. The van der Waals surface area contributed by atoms with Crippen LogP contribution in [0.15, 0.2) is 0 Å². The Labute approximate surface area is 34.3 Å². The molecule has 2 atom stereocenters. The normalized spacial score (nSPS) is 19.7. The SMILES string of the molecule is O=[PH](F)[PH](=O)F. The van der Waals surface area contributed by atoms with E-state index in [1.54, 1.807) is 0 Å². The molecule has 0 N–H and O–H groups in total. The van der Waals surface area contributed by atoms with Crippen molar-refractivity contribution in [3.63, 3.8) is 0 Å². The van der Waals surface area contributed by atoms with Crippen LogP contribution in [0.1, 0.15) is 0 Å². The Morgan fingerprint density at radius 3 is 1.17 bits per heavy atom. The minimum Gasteiger partial charge on any atom is -0.280 e. The second kappa shape index (κ2) is 2.49. The van der Waals surface area contributed by atoms with E-state index in [0.29, 0.717) is 0 Å². The lowest BCUT2D eigenvalue weighted by Gasteiger charge is -1.70. The molecule has 0 aromatic carbocycles. The number of hydrogen-bond acceptors (Lipinski definition) is 2. The van der Waals surface area contributed by atoms with E-state index in [0.717, 1.165) is 0 Å². The van der Waals surface area contributed by atoms with Gasteiger partial charge in [-0.1, -0.05) is 0 Å². The highest BCUT2D eigenvalue weighted by atomic mass is 32.1. The maximum Gasteiger partial charge on any atom is 0.314 e. The Morgan fingerprint density at radius 2 is 1.17 bits per heavy atom. The molecule has 38 valence electrons. The van der Waals surface area contributed by atoms with Crippen molar-refractivity contribution < 1.29 is 17.5 Å². The van der Waals surface area contributed by atoms with Gasteiger partial charge in [-0.05, 0) is 0 Å². The van der Waals surface area contributed by atoms with Gasteiger partial charge in [0.2, 0.25) is 0 Å². The fourth-order valence-corrected chi connectivity index (χ4v) is 0. The molecule has 0 heterocycles. The second-order valence-corrected chi connectivity index (χ2v) is 4.00. The average Bonchev–Trinajstić information content (AvgIpc) is 1.36. The predicted octanol–water partition coefficient (Wildman–Crippen LogP) is 1.79. The van der Waals surface area contributed by atoms with Crippen LogP contribution in [-0.4, -0.2) is 0 Å². The van der Waals surface area contributed by atoms with Crippen LogP contribution in [0.2, 0.25) is 0 Å². The molecule has 6 heteroatoms. The van der Waals surface area contributed by atoms with Crippen LogP contribution in [0, 0.1) is 0 Å². The zero-order chi connectivity index (χ0) is 5.15. The summed E-state index contributed by atoms with van der Waals surface area (Å²) < 4.78 is 39.5. The first-order valence-electron chi connectivity index (χ1n) is 1.04. The molecule has 0 aromatic rings. The average molecular weight is 134 g/mol. The molecule has 0 amide bonds. The molecule has 0 rings (SSSR count). The van der Waals surface area contributed by atoms with Crippen LogP contribution in [0.3, 0.4) is 0 Å². The van der Waals surface area contributed by atoms with Crippen LogP contribution in [0.5, 0.6) is 0 Å². The summed E-state index contributed by atoms with van der Waals surface area (Å²) in [6.45, 7) is 0. The van der Waals surface area contributed by atoms with Crippen LogP contribution in [0.4, 0.5) is 8.39 Å². The van der Waals surface area contributed by atoms with E-state index in [1.807, 2.05) is 0 Å². The third-order valence-corrected chi connectivity index (χ3v) is 1.39. The standard InChI is InChI=1S/F2H2O2P2/c1-5(3)6(2)4/h5-6H. The van der Waals surface area contributed by atoms with Crippen LogP contribution in [0.25, 0.3) is 0 Å². The second-order valence-electron chi connectivity index (χ2n) is 0.547. The summed E-state index contributed by atoms with van der Waals surface area (Å²) in [5, 5.41) is 0. The van der Waals surface area contributed by atoms with Crippen molar-refractivity contribution in [3.05, 3.63) is 0 Å². The van der Waals surface area contributed by atoms with Gasteiger partial charge in [-0.15, -0.1) is 0 Å². The van der Waals surface area contributed by atoms with E-state index >= 15 is 0 Å². The molecular formula is H2F2O2P2. The highest BCUT2D eigenvalue weighted by Crippen LogP contribution is 2.53. The number of hydrogen-bond donors (Lipinski definition) is 0. The molecule has 6 heavy (non-hydrogen) atoms. The molecule has 0 saturated carbocycles. The van der Waals surface area contributed by atoms with Gasteiger partial charge < -0.3 is 0 Å². The van der Waals surface area contributed by atoms with E-state index in [-0.39, 0.29) is 0 Å². The molecule has 0 aliphatic rings. The van der Waals surface area contributed by atoms with Crippen molar-refractivity contribution in [3.8, 4) is 0 Å². The topological polar surface area (TPSA) is 34.1 Å². The first-order chi connectivity index (χ1) is 2.64. The molecule has 0 bridgehead atoms. The molecule has 0 aromatic heterocycles. The number of rotatable bonds is 1. The van der Waals surface area contributed by atoms with E-state index in [4.69, 9.17) is 9.13 Å². The van der Waals surface area contributed by atoms with Gasteiger partial charge in [-0.3, -0.25) is 9.13 Å². The van der Waals surface area contributed by atoms with E-state index in [1.165, 1.54) is 0 Å². The van der Waals surface area contributed by atoms with Crippen LogP contribution < -0.4 is 0 Å². The van der Waals surface area contributed by atoms with Gasteiger partial charge in [0.05, 0.1) is 0 Å². The van der Waals surface area contributed by atoms with Crippen LogP contribution >= 0.6 is 15.6 Å². The molecule has 2 unspecified atom stereocenters. The fraction of sp³-hybridized carbons (Fsp3) is 0. The van der Waals surface area contributed by atoms with E-state index in [9.17, 15) is 8.39 Å². The third kappa shape index (κ3) is 2.55. The highest BCUT2D eigenvalue weighted by Gasteiger charge is 2.00. The highest BCUT2D eigenvalue weighted by molar-refractivity contribution is 8.13. The molecule has 0 aliphatic carbocycles. The zero-order valence-corrected chi connectivity index (χ0v) is 4.57. The first-order valence-corrected chi connectivity index (χ1v) is 4.61. The lowest BCUT2D eigenvalue weighted by atomic mass is 16.0. The molecule has 0 saturated heterocycles. The van der Waals surface area contributed by atoms with Crippen molar-refractivity contribution in [2.45, 2.75) is 0 Å². The molecule has 0 fully saturated rings. The number of halogens is 2. The van der Waals surface area contributed by atoms with Gasteiger partial charge >= 0.3 is 15.6 Å². The van der Waals surface area contributed by atoms with Crippen LogP contribution in [-0.2, 0) is 9.13 Å². The maximum absolute atomic E-state index is 10.7. The quantitative estimate of drug-likeness (QED) is 0.512. The summed E-state index contributed by atoms with van der Waals surface area (Å²) in [4.78, 5) is 0. The van der Waals surface area contributed by atoms with Gasteiger partial charge in [0.25, 0.3) is 0 Å². The minimum atomic E-state index is -3.82. The van der Waals surface area contributed by atoms with Crippen molar-refractivity contribution in [2.75, 3.05) is 0 Å². The summed E-state index contributed by atoms with van der Waals surface area (Å²) in [6, 6.07) is 0. The van der Waals surface area contributed by atoms with E-state index in [2.05, 4.69) is 0 Å². The lowest BCUT2D eigenvalue weighted by molar-refractivity contribution is 0.547. The first kappa shape index (κ1) is 6.32. The predicted molar refractivity (Wildman–Crippen MR) is 20.2 cm³/mol. The monoisotopic (exact) mass is 134 g/mol. The zero-order valence-electron chi connectivity index (χ0n) is 2.57. The van der Waals surface area contributed by atoms with Gasteiger partial charge in [-0.2, -0.15) is 8.39 Å². The summed E-state index contributed by atoms with van der Waals surface area (Å²) in [5.74, 6) is 0. The fourth-order valence-electron chi connectivity index (χ4n) is 0. The maximum atomic E-state index is 10.7. The summed E-state index contributed by atoms with van der Waals surface area (Å²) in [5.41, 5.74) is 0. The smallest absolute Gasteiger partial charge is 0.280 e. The Morgan fingerprint density at radius 1 is 1.00 bits per heavy atom. The van der Waals surface area contributed by atoms with Gasteiger partial charge in [0, 0.05) is 0 Å². The summed E-state index contributed by atoms with van der Waals surface area (Å²) >= 11 is 0. The Bertz CT molecular complexity index is 75.5. The van der Waals surface area contributed by atoms with Gasteiger partial charge in [0.1, 0.15) is 0 Å². The largest absolute Gasteiger partial charge is 0.314 e. The Kier molecular flexibility index (Phi) is 2.62. The van der Waals surface area contributed by atoms with Crippen molar-refractivity contribution >= 4 is 15.6 Å². The van der Waals surface area contributed by atoms with Gasteiger partial charge in [0.15, 0.2) is 0 Å². The van der Waals surface area contributed by atoms with Crippen molar-refractivity contribution in [1.82, 2.24) is 0 Å². The lowest BCUT2D eigenvalue weighted by Crippen LogP contribution is -1.21. The minimum absolute atomic E-state index is 3.82. The molecule has 0 spiro atoms.